The maximum absolute atomic E-state index is 15.3. The molecule has 0 spiro atoms. The van der Waals surface area contributed by atoms with Crippen LogP contribution >= 0.6 is 0 Å². The van der Waals surface area contributed by atoms with Gasteiger partial charge in [-0.15, -0.1) is 0 Å². The minimum Gasteiger partial charge on any atom is -0.493 e. The van der Waals surface area contributed by atoms with Crippen molar-refractivity contribution in [1.29, 1.82) is 0 Å². The first-order valence-corrected chi connectivity index (χ1v) is 14.8. The van der Waals surface area contributed by atoms with Gasteiger partial charge in [-0.25, -0.2) is 22.4 Å². The lowest BCUT2D eigenvalue weighted by Gasteiger charge is -2.21. The Morgan fingerprint density at radius 3 is 2.24 bits per heavy atom. The normalized spacial score (nSPS) is 13.8. The number of ether oxygens (including phenoxy) is 2. The zero-order valence-corrected chi connectivity index (χ0v) is 24.6. The summed E-state index contributed by atoms with van der Waals surface area (Å²) in [5.41, 5.74) is 3.96. The van der Waals surface area contributed by atoms with Crippen LogP contribution in [0.2, 0.25) is 0 Å². The van der Waals surface area contributed by atoms with Crippen LogP contribution in [0.15, 0.2) is 77.6 Å². The average molecular weight is 638 g/mol. The molecule has 46 heavy (non-hydrogen) atoms. The molecule has 4 aromatic rings. The van der Waals surface area contributed by atoms with Crippen LogP contribution in [0.25, 0.3) is 5.69 Å². The molecule has 1 aliphatic carbocycles. The second kappa shape index (κ2) is 14.4. The van der Waals surface area contributed by atoms with Gasteiger partial charge in [0.2, 0.25) is 0 Å². The third kappa shape index (κ3) is 7.28. The number of nitrogens with two attached hydrogens (primary N) is 1. The van der Waals surface area contributed by atoms with Crippen LogP contribution in [0.1, 0.15) is 59.6 Å². The Hall–Kier alpha value is -4.97. The molecule has 3 N–H and O–H groups in total. The number of anilines is 1. The van der Waals surface area contributed by atoms with Crippen molar-refractivity contribution in [2.45, 2.75) is 44.2 Å². The molecule has 0 aliphatic heterocycles. The van der Waals surface area contributed by atoms with E-state index in [1.807, 2.05) is 30.3 Å². The van der Waals surface area contributed by atoms with Gasteiger partial charge in [0.25, 0.3) is 5.56 Å². The van der Waals surface area contributed by atoms with E-state index in [9.17, 15) is 23.2 Å². The number of pyridine rings is 1. The molecule has 1 aliphatic rings. The molecule has 1 saturated carbocycles. The van der Waals surface area contributed by atoms with Gasteiger partial charge in [0.05, 0.1) is 17.7 Å². The predicted octanol–water partition coefficient (Wildman–Crippen LogP) is 5.79. The molecule has 8 nitrogen and oxygen atoms in total. The molecule has 0 radical (unpaired) electrons. The van der Waals surface area contributed by atoms with E-state index in [-0.39, 0.29) is 24.4 Å². The molecule has 1 atom stereocenters. The summed E-state index contributed by atoms with van der Waals surface area (Å²) in [6, 6.07) is 14.3. The fraction of sp³-hybridized carbons (Fsp3) is 0.265. The van der Waals surface area contributed by atoms with Gasteiger partial charge < -0.3 is 20.5 Å². The largest absolute Gasteiger partial charge is 0.493 e. The van der Waals surface area contributed by atoms with E-state index in [1.165, 1.54) is 0 Å². The number of carbonyl (C=O) groups excluding carboxylic acids is 2. The Morgan fingerprint density at radius 2 is 1.57 bits per heavy atom. The number of rotatable bonds is 12. The van der Waals surface area contributed by atoms with Crippen molar-refractivity contribution in [2.75, 3.05) is 18.9 Å². The van der Waals surface area contributed by atoms with E-state index in [2.05, 4.69) is 5.32 Å². The molecule has 1 aromatic heterocycles. The maximum atomic E-state index is 15.3. The number of nitrogen functional groups attached to an aromatic ring is 1. The molecule has 3 aromatic carbocycles. The molecule has 5 rings (SSSR count). The van der Waals surface area contributed by atoms with E-state index in [1.54, 1.807) is 0 Å². The summed E-state index contributed by atoms with van der Waals surface area (Å²) in [6.45, 7) is 0.351. The molecule has 0 unspecified atom stereocenters. The number of ketones is 1. The van der Waals surface area contributed by atoms with Crippen molar-refractivity contribution in [1.82, 2.24) is 9.88 Å². The van der Waals surface area contributed by atoms with E-state index in [4.69, 9.17) is 15.2 Å². The Bertz CT molecular complexity index is 1770. The first kappa shape index (κ1) is 32.4. The summed E-state index contributed by atoms with van der Waals surface area (Å²) < 4.78 is 69.8. The van der Waals surface area contributed by atoms with Gasteiger partial charge in [-0.2, -0.15) is 0 Å². The van der Waals surface area contributed by atoms with Crippen LogP contribution in [0.3, 0.4) is 0 Å². The maximum Gasteiger partial charge on any atom is 0.328 e. The number of esters is 1. The van der Waals surface area contributed by atoms with Crippen molar-refractivity contribution >= 4 is 17.6 Å². The van der Waals surface area contributed by atoms with Crippen LogP contribution in [0.5, 0.6) is 5.75 Å². The highest BCUT2D eigenvalue weighted by atomic mass is 19.1. The number of halogens is 4. The first-order chi connectivity index (χ1) is 22.1. The summed E-state index contributed by atoms with van der Waals surface area (Å²) in [5.74, 6) is -6.71. The fourth-order valence-electron chi connectivity index (χ4n) is 5.36. The third-order valence-electron chi connectivity index (χ3n) is 7.66. The van der Waals surface area contributed by atoms with Crippen molar-refractivity contribution in [2.24, 2.45) is 0 Å². The lowest BCUT2D eigenvalue weighted by atomic mass is 10.0. The molecular weight excluding hydrogens is 606 g/mol. The molecule has 0 saturated heterocycles. The molecule has 0 amide bonds. The molecule has 1 heterocycles. The highest BCUT2D eigenvalue weighted by molar-refractivity contribution is 6.11. The van der Waals surface area contributed by atoms with Gasteiger partial charge in [0, 0.05) is 24.3 Å². The van der Waals surface area contributed by atoms with Crippen molar-refractivity contribution in [3.8, 4) is 11.4 Å². The Morgan fingerprint density at radius 1 is 0.891 bits per heavy atom. The number of hydrogen-bond donors (Lipinski definition) is 2. The van der Waals surface area contributed by atoms with Crippen LogP contribution in [-0.2, 0) is 9.53 Å². The average Bonchev–Trinajstić information content (AvgIpc) is 3.53. The fourth-order valence-corrected chi connectivity index (χ4v) is 5.36. The number of hydrogen-bond acceptors (Lipinski definition) is 7. The Balaban J connectivity index is 1.26. The van der Waals surface area contributed by atoms with Gasteiger partial charge in [0.1, 0.15) is 41.0 Å². The Labute approximate surface area is 261 Å². The zero-order valence-electron chi connectivity index (χ0n) is 24.6. The van der Waals surface area contributed by atoms with Crippen LogP contribution < -0.4 is 21.3 Å². The summed E-state index contributed by atoms with van der Waals surface area (Å²) in [4.78, 5) is 38.5. The summed E-state index contributed by atoms with van der Waals surface area (Å²) >= 11 is 0. The van der Waals surface area contributed by atoms with Gasteiger partial charge in [-0.1, -0.05) is 30.3 Å². The number of nitrogens with one attached hydrogen (secondary N) is 1. The molecule has 1 fully saturated rings. The van der Waals surface area contributed by atoms with Crippen molar-refractivity contribution < 1.29 is 36.6 Å². The van der Waals surface area contributed by atoms with Crippen molar-refractivity contribution in [3.63, 3.8) is 0 Å². The number of nitrogens with zero attached hydrogens (tertiary/aromatic N) is 1. The lowest BCUT2D eigenvalue weighted by molar-refractivity contribution is -0.151. The quantitative estimate of drug-likeness (QED) is 0.0875. The summed E-state index contributed by atoms with van der Waals surface area (Å²) in [6.07, 6.45) is 4.00. The minimum absolute atomic E-state index is 0.0275. The number of benzene rings is 3. The second-order valence-corrected chi connectivity index (χ2v) is 10.8. The van der Waals surface area contributed by atoms with Crippen LogP contribution in [0.4, 0.5) is 23.4 Å². The number of aromatic nitrogens is 1. The predicted molar refractivity (Wildman–Crippen MR) is 162 cm³/mol. The minimum atomic E-state index is -1.21. The monoisotopic (exact) mass is 637 g/mol. The molecule has 240 valence electrons. The lowest BCUT2D eigenvalue weighted by Crippen LogP contribution is -2.33. The second-order valence-electron chi connectivity index (χ2n) is 10.8. The Kier molecular flexibility index (Phi) is 10.2. The van der Waals surface area contributed by atoms with Gasteiger partial charge >= 0.3 is 5.97 Å². The van der Waals surface area contributed by atoms with Crippen LogP contribution in [0, 0.1) is 23.3 Å². The smallest absolute Gasteiger partial charge is 0.328 e. The summed E-state index contributed by atoms with van der Waals surface area (Å²) in [5, 5.41) is 3.17. The SMILES string of the molecule is Nc1c(C(=O)c2ccc(F)cc2F)ccc(=O)n1-c1c(F)cc(OCCCN[C@@H](C(=O)OC2CCCC2)c2ccccc2)cc1F. The highest BCUT2D eigenvalue weighted by Crippen LogP contribution is 2.28. The molecular formula is C34H31F4N3O5. The standard InChI is InChI=1S/C34H31F4N3O5/c35-21-11-12-24(26(36)17-21)32(43)25-13-14-29(42)41(33(25)39)31-27(37)18-23(19-28(31)38)45-16-6-15-40-30(20-7-2-1-3-8-20)34(44)46-22-9-4-5-10-22/h1-3,7-8,11-14,17-19,22,30,40H,4-6,9-10,15-16,39H2/t30-/m1/s1. The van der Waals surface area contributed by atoms with Crippen molar-refractivity contribution in [3.05, 3.63) is 123 Å². The van der Waals surface area contributed by atoms with Gasteiger partial charge in [-0.05, 0) is 62.4 Å². The molecule has 12 heteroatoms. The summed E-state index contributed by atoms with van der Waals surface area (Å²) in [7, 11) is 0. The van der Waals surface area contributed by atoms with Crippen LogP contribution in [-0.4, -0.2) is 35.6 Å². The first-order valence-electron chi connectivity index (χ1n) is 14.8. The number of carbonyl (C=O) groups is 2. The molecule has 0 bridgehead atoms. The topological polar surface area (TPSA) is 113 Å². The van der Waals surface area contributed by atoms with E-state index in [0.29, 0.717) is 23.6 Å². The van der Waals surface area contributed by atoms with Gasteiger partial charge in [-0.3, -0.25) is 14.2 Å². The third-order valence-corrected chi connectivity index (χ3v) is 7.66. The van der Waals surface area contributed by atoms with Gasteiger partial charge in [0.15, 0.2) is 17.4 Å². The highest BCUT2D eigenvalue weighted by Gasteiger charge is 2.27. The van der Waals surface area contributed by atoms with E-state index < -0.39 is 63.3 Å². The van der Waals surface area contributed by atoms with E-state index in [0.717, 1.165) is 67.6 Å². The van der Waals surface area contributed by atoms with E-state index >= 15 is 8.78 Å². The zero-order chi connectivity index (χ0) is 32.8.